The van der Waals surface area contributed by atoms with Gasteiger partial charge in [-0.1, -0.05) is 51.3 Å². The van der Waals surface area contributed by atoms with Crippen molar-refractivity contribution in [3.63, 3.8) is 0 Å². The largest absolute Gasteiger partial charge is 0.491 e. The van der Waals surface area contributed by atoms with Crippen LogP contribution in [0.25, 0.3) is 0 Å². The van der Waals surface area contributed by atoms with Gasteiger partial charge in [-0.05, 0) is 73.9 Å². The van der Waals surface area contributed by atoms with Crippen molar-refractivity contribution in [3.8, 4) is 11.5 Å². The van der Waals surface area contributed by atoms with E-state index in [2.05, 4.69) is 27.0 Å². The predicted octanol–water partition coefficient (Wildman–Crippen LogP) is 5.29. The van der Waals surface area contributed by atoms with Gasteiger partial charge in [0.05, 0.1) is 25.4 Å². The van der Waals surface area contributed by atoms with E-state index in [1.54, 1.807) is 0 Å². The molecule has 0 amide bonds. The number of unbranched alkanes of at least 4 members (excludes halogenated alkanes) is 2. The van der Waals surface area contributed by atoms with Gasteiger partial charge in [0.25, 0.3) is 0 Å². The van der Waals surface area contributed by atoms with Gasteiger partial charge in [-0.25, -0.2) is 9.59 Å². The molecule has 2 aromatic rings. The molecule has 2 atom stereocenters. The van der Waals surface area contributed by atoms with E-state index in [1.165, 1.54) is 0 Å². The van der Waals surface area contributed by atoms with Crippen LogP contribution >= 0.6 is 0 Å². The highest BCUT2D eigenvalue weighted by Crippen LogP contribution is 2.33. The SMILES string of the molecule is C=CC(=O)OCCCCC(O)COc1ccc(C(C)(C)c2ccc(OCC(O)CCCCOC(=O)C=C)cc2)cc1. The van der Waals surface area contributed by atoms with Gasteiger partial charge in [0.15, 0.2) is 0 Å². The first-order chi connectivity index (χ1) is 19.6. The van der Waals surface area contributed by atoms with E-state index in [-0.39, 0.29) is 18.6 Å². The van der Waals surface area contributed by atoms with Crippen LogP contribution in [0.2, 0.25) is 0 Å². The number of ether oxygens (including phenoxy) is 4. The Bertz CT molecular complexity index is 990. The minimum atomic E-state index is -0.600. The van der Waals surface area contributed by atoms with E-state index >= 15 is 0 Å². The van der Waals surface area contributed by atoms with Crippen molar-refractivity contribution in [1.29, 1.82) is 0 Å². The number of esters is 2. The molecule has 0 heterocycles. The zero-order valence-corrected chi connectivity index (χ0v) is 24.3. The molecule has 41 heavy (non-hydrogen) atoms. The summed E-state index contributed by atoms with van der Waals surface area (Å²) < 4.78 is 21.4. The van der Waals surface area contributed by atoms with Crippen molar-refractivity contribution >= 4 is 11.9 Å². The molecule has 2 unspecified atom stereocenters. The van der Waals surface area contributed by atoms with Gasteiger partial charge >= 0.3 is 11.9 Å². The zero-order chi connectivity index (χ0) is 30.1. The molecular weight excluding hydrogens is 524 g/mol. The zero-order valence-electron chi connectivity index (χ0n) is 24.3. The average Bonchev–Trinajstić information content (AvgIpc) is 2.98. The third kappa shape index (κ3) is 12.6. The summed E-state index contributed by atoms with van der Waals surface area (Å²) in [5.74, 6) is 0.495. The van der Waals surface area contributed by atoms with Gasteiger partial charge in [0.1, 0.15) is 24.7 Å². The monoisotopic (exact) mass is 568 g/mol. The lowest BCUT2D eigenvalue weighted by atomic mass is 9.78. The minimum absolute atomic E-state index is 0.191. The summed E-state index contributed by atoms with van der Waals surface area (Å²) >= 11 is 0. The van der Waals surface area contributed by atoms with Gasteiger partial charge in [-0.15, -0.1) is 0 Å². The van der Waals surface area contributed by atoms with Gasteiger partial charge < -0.3 is 29.2 Å². The first-order valence-corrected chi connectivity index (χ1v) is 14.1. The molecule has 8 heteroatoms. The van der Waals surface area contributed by atoms with Crippen LogP contribution in [0.4, 0.5) is 0 Å². The Morgan fingerprint density at radius 2 is 1.07 bits per heavy atom. The quantitative estimate of drug-likeness (QED) is 0.126. The van der Waals surface area contributed by atoms with E-state index in [4.69, 9.17) is 18.9 Å². The molecule has 0 aliphatic heterocycles. The first-order valence-electron chi connectivity index (χ1n) is 14.1. The molecule has 2 N–H and O–H groups in total. The first kappa shape index (κ1) is 33.6. The lowest BCUT2D eigenvalue weighted by Crippen LogP contribution is -2.20. The second kappa shape index (κ2) is 17.9. The second-order valence-corrected chi connectivity index (χ2v) is 10.3. The summed E-state index contributed by atoms with van der Waals surface area (Å²) in [5, 5.41) is 20.4. The maximum absolute atomic E-state index is 11.0. The Labute approximate surface area is 243 Å². The highest BCUT2D eigenvalue weighted by Gasteiger charge is 2.23. The third-order valence-electron chi connectivity index (χ3n) is 6.72. The van der Waals surface area contributed by atoms with E-state index in [1.807, 2.05) is 48.5 Å². The fourth-order valence-electron chi connectivity index (χ4n) is 4.08. The van der Waals surface area contributed by atoms with Gasteiger partial charge in [-0.2, -0.15) is 0 Å². The summed E-state index contributed by atoms with van der Waals surface area (Å²) in [6.45, 7) is 12.0. The molecule has 0 radical (unpaired) electrons. The summed E-state index contributed by atoms with van der Waals surface area (Å²) in [4.78, 5) is 22.0. The lowest BCUT2D eigenvalue weighted by Gasteiger charge is -2.26. The molecule has 2 rings (SSSR count). The molecule has 0 aliphatic rings. The third-order valence-corrected chi connectivity index (χ3v) is 6.72. The number of carbonyl (C=O) groups is 2. The number of hydrogen-bond acceptors (Lipinski definition) is 8. The van der Waals surface area contributed by atoms with Gasteiger partial charge in [0, 0.05) is 17.6 Å². The van der Waals surface area contributed by atoms with Crippen LogP contribution in [0.5, 0.6) is 11.5 Å². The molecule has 0 saturated heterocycles. The van der Waals surface area contributed by atoms with E-state index in [0.717, 1.165) is 36.1 Å². The Hall–Kier alpha value is -3.62. The molecule has 0 aliphatic carbocycles. The smallest absolute Gasteiger partial charge is 0.330 e. The van der Waals surface area contributed by atoms with Gasteiger partial charge in [-0.3, -0.25) is 0 Å². The molecule has 0 fully saturated rings. The van der Waals surface area contributed by atoms with Crippen LogP contribution in [-0.2, 0) is 24.5 Å². The van der Waals surface area contributed by atoms with Crippen molar-refractivity contribution in [2.24, 2.45) is 0 Å². The van der Waals surface area contributed by atoms with Crippen LogP contribution in [0.1, 0.15) is 63.5 Å². The highest BCUT2D eigenvalue weighted by atomic mass is 16.5. The summed E-state index contributed by atoms with van der Waals surface area (Å²) in [5.41, 5.74) is 1.96. The van der Waals surface area contributed by atoms with E-state index in [9.17, 15) is 19.8 Å². The number of aliphatic hydroxyl groups is 2. The normalized spacial score (nSPS) is 12.6. The fourth-order valence-corrected chi connectivity index (χ4v) is 4.08. The fraction of sp³-hybridized carbons (Fsp3) is 0.455. The van der Waals surface area contributed by atoms with Crippen molar-refractivity contribution in [3.05, 3.63) is 85.0 Å². The number of aliphatic hydroxyl groups excluding tert-OH is 2. The Morgan fingerprint density at radius 3 is 1.41 bits per heavy atom. The Kier molecular flexibility index (Phi) is 14.7. The summed E-state index contributed by atoms with van der Waals surface area (Å²) in [6, 6.07) is 15.7. The van der Waals surface area contributed by atoms with Crippen molar-refractivity contribution in [2.75, 3.05) is 26.4 Å². The molecule has 0 saturated carbocycles. The summed E-state index contributed by atoms with van der Waals surface area (Å²) in [7, 11) is 0. The number of rotatable bonds is 20. The standard InChI is InChI=1S/C33H44O8/c1-5-31(36)38-21-9-7-11-27(34)23-40-29-17-13-25(14-18-29)33(3,4)26-15-19-30(20-16-26)41-24-28(35)12-8-10-22-39-32(37)6-2/h5-6,13-20,27-28,34-35H,1-2,7-12,21-24H2,3-4H3. The number of hydrogen-bond donors (Lipinski definition) is 2. The van der Waals surface area contributed by atoms with Crippen molar-refractivity contribution < 1.29 is 38.7 Å². The van der Waals surface area contributed by atoms with Crippen LogP contribution in [0.15, 0.2) is 73.8 Å². The Balaban J connectivity index is 1.75. The molecule has 0 spiro atoms. The highest BCUT2D eigenvalue weighted by molar-refractivity contribution is 5.81. The maximum Gasteiger partial charge on any atom is 0.330 e. The van der Waals surface area contributed by atoms with Crippen LogP contribution in [0, 0.1) is 0 Å². The van der Waals surface area contributed by atoms with Crippen molar-refractivity contribution in [1.82, 2.24) is 0 Å². The van der Waals surface area contributed by atoms with Crippen LogP contribution in [-0.4, -0.2) is 60.8 Å². The van der Waals surface area contributed by atoms with E-state index in [0.29, 0.717) is 50.4 Å². The predicted molar refractivity (Wildman–Crippen MR) is 158 cm³/mol. The maximum atomic E-state index is 11.0. The van der Waals surface area contributed by atoms with Crippen LogP contribution < -0.4 is 9.47 Å². The minimum Gasteiger partial charge on any atom is -0.491 e. The number of benzene rings is 2. The van der Waals surface area contributed by atoms with Gasteiger partial charge in [0.2, 0.25) is 0 Å². The second-order valence-electron chi connectivity index (χ2n) is 10.3. The van der Waals surface area contributed by atoms with Crippen LogP contribution in [0.3, 0.4) is 0 Å². The topological polar surface area (TPSA) is 112 Å². The molecule has 0 aromatic heterocycles. The van der Waals surface area contributed by atoms with E-state index < -0.39 is 24.1 Å². The van der Waals surface area contributed by atoms with Crippen molar-refractivity contribution in [2.45, 2.75) is 70.0 Å². The molecule has 2 aromatic carbocycles. The summed E-state index contributed by atoms with van der Waals surface area (Å²) in [6.07, 6.45) is 4.99. The average molecular weight is 569 g/mol. The molecule has 0 bridgehead atoms. The molecular formula is C33H44O8. The number of carbonyl (C=O) groups excluding carboxylic acids is 2. The molecule has 224 valence electrons. The lowest BCUT2D eigenvalue weighted by molar-refractivity contribution is -0.138. The molecule has 8 nitrogen and oxygen atoms in total. The Morgan fingerprint density at radius 1 is 0.707 bits per heavy atom.